The first-order valence-corrected chi connectivity index (χ1v) is 10.6. The molecule has 2 aromatic rings. The first kappa shape index (κ1) is 25.9. The van der Waals surface area contributed by atoms with Gasteiger partial charge in [0.25, 0.3) is 10.2 Å². The van der Waals surface area contributed by atoms with Crippen LogP contribution in [0.2, 0.25) is 5.02 Å². The van der Waals surface area contributed by atoms with Crippen molar-refractivity contribution in [2.75, 3.05) is 13.2 Å². The van der Waals surface area contributed by atoms with Crippen LogP contribution in [-0.4, -0.2) is 40.6 Å². The Morgan fingerprint density at radius 1 is 1.26 bits per heavy atom. The average Bonchev–Trinajstić information content (AvgIpc) is 3.22. The fourth-order valence-corrected chi connectivity index (χ4v) is 3.53. The Hall–Kier alpha value is -3.71. The second-order valence-electron chi connectivity index (χ2n) is 8.32. The molecule has 0 fully saturated rings. The molecule has 13 nitrogen and oxygen atoms in total. The third-order valence-corrected chi connectivity index (χ3v) is 5.61. The van der Waals surface area contributed by atoms with Gasteiger partial charge in [-0.3, -0.25) is 4.98 Å². The second-order valence-corrected chi connectivity index (χ2v) is 8.75. The van der Waals surface area contributed by atoms with Gasteiger partial charge in [0.1, 0.15) is 25.4 Å². The maximum absolute atomic E-state index is 12.4. The van der Waals surface area contributed by atoms with E-state index in [1.165, 1.54) is 13.8 Å². The zero-order chi connectivity index (χ0) is 25.8. The average molecular weight is 512 g/mol. The molecule has 35 heavy (non-hydrogen) atoms. The highest BCUT2D eigenvalue weighted by molar-refractivity contribution is 6.30. The van der Waals surface area contributed by atoms with Crippen LogP contribution < -0.4 is 4.74 Å². The number of carbonyl (C=O) groups excluding carboxylic acids is 1. The van der Waals surface area contributed by atoms with E-state index < -0.39 is 47.2 Å². The Morgan fingerprint density at radius 3 is 2.57 bits per heavy atom. The van der Waals surface area contributed by atoms with Crippen molar-refractivity contribution in [3.63, 3.8) is 0 Å². The number of pyridine rings is 1. The van der Waals surface area contributed by atoms with Crippen molar-refractivity contribution >= 4 is 17.8 Å². The maximum atomic E-state index is 12.4. The lowest BCUT2D eigenvalue weighted by Crippen LogP contribution is -2.42. The van der Waals surface area contributed by atoms with Gasteiger partial charge in [0.15, 0.2) is 5.75 Å². The summed E-state index contributed by atoms with van der Waals surface area (Å²) in [6.07, 6.45) is -1.34. The van der Waals surface area contributed by atoms with Crippen molar-refractivity contribution in [2.24, 2.45) is 5.41 Å². The van der Waals surface area contributed by atoms with Gasteiger partial charge in [0.2, 0.25) is 0 Å². The lowest BCUT2D eigenvalue weighted by atomic mass is 9.88. The number of aryl methyl sites for hydroxylation is 1. The van der Waals surface area contributed by atoms with E-state index in [1.807, 2.05) is 12.1 Å². The Kier molecular flexibility index (Phi) is 7.92. The fraction of sp³-hybridized carbons (Fsp3) is 0.429. The molecular formula is C21H22ClN3O10. The van der Waals surface area contributed by atoms with E-state index in [2.05, 4.69) is 14.7 Å². The van der Waals surface area contributed by atoms with Gasteiger partial charge in [-0.1, -0.05) is 37.6 Å². The molecule has 2 heterocycles. The topological polar surface area (TPSA) is 162 Å². The van der Waals surface area contributed by atoms with Crippen molar-refractivity contribution in [2.45, 2.75) is 39.6 Å². The highest BCUT2D eigenvalue weighted by atomic mass is 35.5. The number of ether oxygens (including phenoxy) is 3. The van der Waals surface area contributed by atoms with Crippen LogP contribution in [0.25, 0.3) is 0 Å². The van der Waals surface area contributed by atoms with Crippen molar-refractivity contribution in [1.29, 1.82) is 0 Å². The molecule has 14 heteroatoms. The fourth-order valence-electron chi connectivity index (χ4n) is 3.40. The van der Waals surface area contributed by atoms with E-state index in [1.54, 1.807) is 25.3 Å². The zero-order valence-electron chi connectivity index (χ0n) is 19.0. The number of aromatic nitrogens is 1. The highest BCUT2D eigenvalue weighted by Gasteiger charge is 2.36. The number of benzene rings is 1. The highest BCUT2D eigenvalue weighted by Crippen LogP contribution is 2.41. The molecule has 0 saturated carbocycles. The maximum Gasteiger partial charge on any atom is 0.513 e. The molecule has 2 atom stereocenters. The van der Waals surface area contributed by atoms with E-state index in [4.69, 9.17) is 25.8 Å². The van der Waals surface area contributed by atoms with Crippen LogP contribution in [0.15, 0.2) is 30.5 Å². The van der Waals surface area contributed by atoms with E-state index in [9.17, 15) is 25.0 Å². The summed E-state index contributed by atoms with van der Waals surface area (Å²) in [5, 5.41) is 19.8. The van der Waals surface area contributed by atoms with Crippen LogP contribution in [0, 0.1) is 32.6 Å². The second kappa shape index (κ2) is 10.7. The number of rotatable bonds is 10. The van der Waals surface area contributed by atoms with Crippen LogP contribution in [0.1, 0.15) is 42.3 Å². The largest absolute Gasteiger partial charge is 0.513 e. The summed E-state index contributed by atoms with van der Waals surface area (Å²) in [6, 6.07) is 7.10. The SMILES string of the molecule is Cc1ncc2c(c1OC(=O)OC[C@@H](O[N+](=O)[O-])C(C)(C)CO[N+](=O)[O-])CO[C@@H]2c1ccc(Cl)cc1. The number of hydrogen-bond donors (Lipinski definition) is 0. The Labute approximate surface area is 204 Å². The van der Waals surface area contributed by atoms with E-state index in [0.29, 0.717) is 21.8 Å². The summed E-state index contributed by atoms with van der Waals surface area (Å²) in [7, 11) is 0. The minimum atomic E-state index is -1.37. The summed E-state index contributed by atoms with van der Waals surface area (Å²) in [6.45, 7) is 3.47. The van der Waals surface area contributed by atoms with Gasteiger partial charge < -0.3 is 23.9 Å². The molecule has 1 aromatic carbocycles. The molecule has 0 amide bonds. The summed E-state index contributed by atoms with van der Waals surface area (Å²) in [5.74, 6) is 0.145. The van der Waals surface area contributed by atoms with Gasteiger partial charge in [-0.2, -0.15) is 0 Å². The smallest absolute Gasteiger partial charge is 0.432 e. The van der Waals surface area contributed by atoms with Crippen molar-refractivity contribution in [3.05, 3.63) is 78.1 Å². The Morgan fingerprint density at radius 2 is 1.94 bits per heavy atom. The molecule has 0 bridgehead atoms. The molecule has 0 saturated heterocycles. The van der Waals surface area contributed by atoms with E-state index >= 15 is 0 Å². The molecule has 188 valence electrons. The van der Waals surface area contributed by atoms with Gasteiger partial charge >= 0.3 is 6.16 Å². The number of fused-ring (bicyclic) bond motifs is 1. The van der Waals surface area contributed by atoms with Crippen molar-refractivity contribution < 1.29 is 38.9 Å². The third-order valence-electron chi connectivity index (χ3n) is 5.36. The molecule has 0 radical (unpaired) electrons. The summed E-state index contributed by atoms with van der Waals surface area (Å²) in [5.41, 5.74) is 1.29. The molecule has 3 rings (SSSR count). The zero-order valence-corrected chi connectivity index (χ0v) is 19.7. The van der Waals surface area contributed by atoms with Gasteiger partial charge in [-0.25, -0.2) is 4.79 Å². The molecule has 0 spiro atoms. The minimum absolute atomic E-state index is 0.145. The minimum Gasteiger partial charge on any atom is -0.432 e. The van der Waals surface area contributed by atoms with E-state index in [-0.39, 0.29) is 12.4 Å². The quantitative estimate of drug-likeness (QED) is 0.257. The summed E-state index contributed by atoms with van der Waals surface area (Å²) in [4.78, 5) is 47.0. The molecule has 1 aliphatic rings. The molecule has 1 aromatic heterocycles. The number of nitrogens with zero attached hydrogens (tertiary/aromatic N) is 3. The van der Waals surface area contributed by atoms with Gasteiger partial charge in [-0.15, -0.1) is 20.2 Å². The summed E-state index contributed by atoms with van der Waals surface area (Å²) >= 11 is 5.95. The number of halogens is 1. The molecular weight excluding hydrogens is 490 g/mol. The van der Waals surface area contributed by atoms with Crippen molar-refractivity contribution in [3.8, 4) is 5.75 Å². The third kappa shape index (κ3) is 6.45. The lowest BCUT2D eigenvalue weighted by molar-refractivity contribution is -0.780. The Bertz CT molecular complexity index is 1110. The monoisotopic (exact) mass is 511 g/mol. The van der Waals surface area contributed by atoms with Crippen LogP contribution in [0.3, 0.4) is 0 Å². The van der Waals surface area contributed by atoms with Crippen LogP contribution >= 0.6 is 11.6 Å². The number of carbonyl (C=O) groups is 1. The lowest BCUT2D eigenvalue weighted by Gasteiger charge is -2.30. The molecule has 0 aliphatic carbocycles. The van der Waals surface area contributed by atoms with Gasteiger partial charge in [0, 0.05) is 27.8 Å². The van der Waals surface area contributed by atoms with Gasteiger partial charge in [-0.05, 0) is 24.6 Å². The first-order chi connectivity index (χ1) is 16.5. The van der Waals surface area contributed by atoms with E-state index in [0.717, 1.165) is 5.56 Å². The first-order valence-electron chi connectivity index (χ1n) is 10.3. The number of hydrogen-bond acceptors (Lipinski definition) is 11. The predicted molar refractivity (Wildman–Crippen MR) is 118 cm³/mol. The van der Waals surface area contributed by atoms with Gasteiger partial charge in [0.05, 0.1) is 12.3 Å². The molecule has 0 unspecified atom stereocenters. The van der Waals surface area contributed by atoms with Crippen molar-refractivity contribution in [1.82, 2.24) is 4.98 Å². The van der Waals surface area contributed by atoms with Crippen LogP contribution in [0.4, 0.5) is 4.79 Å². The standard InChI is InChI=1S/C21H22ClN3O10/c1-12-18(16-9-31-19(15(16)8-23-12)13-4-6-14(22)7-5-13)34-20(26)32-10-17(35-25(29)30)21(2,3)11-33-24(27)28/h4-8,17,19H,9-11H2,1-3H3/t17-,19-/m1/s1. The summed E-state index contributed by atoms with van der Waals surface area (Å²) < 4.78 is 16.3. The molecule has 1 aliphatic heterocycles. The Balaban J connectivity index is 1.72. The molecule has 0 N–H and O–H groups in total. The predicted octanol–water partition coefficient (Wildman–Crippen LogP) is 3.99. The van der Waals surface area contributed by atoms with Crippen LogP contribution in [0.5, 0.6) is 5.75 Å². The van der Waals surface area contributed by atoms with Crippen LogP contribution in [-0.2, 0) is 25.8 Å². The normalized spacial score (nSPS) is 15.6.